The highest BCUT2D eigenvalue weighted by Crippen LogP contribution is 1.99. The molecule has 0 aliphatic rings. The van der Waals surface area contributed by atoms with Crippen LogP contribution < -0.4 is 0 Å². The number of tetrazole rings is 1. The standard InChI is InChI=1S/C5H7ClN4O2/c1-2-12-4(11)3-10-5(6)7-8-9-10/h2-3H2,1H3. The molecule has 0 unspecified atom stereocenters. The molecule has 0 saturated carbocycles. The summed E-state index contributed by atoms with van der Waals surface area (Å²) in [5.74, 6) is -0.410. The summed E-state index contributed by atoms with van der Waals surface area (Å²) in [7, 11) is 0. The van der Waals surface area contributed by atoms with Gasteiger partial charge in [-0.15, -0.1) is 0 Å². The number of hydrogen-bond acceptors (Lipinski definition) is 5. The van der Waals surface area contributed by atoms with Crippen LogP contribution in [-0.4, -0.2) is 32.8 Å². The molecule has 0 N–H and O–H groups in total. The maximum Gasteiger partial charge on any atom is 0.327 e. The molecule has 0 aromatic carbocycles. The lowest BCUT2D eigenvalue weighted by Gasteiger charge is -1.99. The fraction of sp³-hybridized carbons (Fsp3) is 0.600. The van der Waals surface area contributed by atoms with E-state index in [1.54, 1.807) is 6.92 Å². The molecular formula is C5H7ClN4O2. The van der Waals surface area contributed by atoms with Gasteiger partial charge in [0.1, 0.15) is 6.54 Å². The third-order valence-electron chi connectivity index (χ3n) is 1.07. The zero-order valence-electron chi connectivity index (χ0n) is 6.40. The molecule has 1 heterocycles. The van der Waals surface area contributed by atoms with Gasteiger partial charge >= 0.3 is 5.97 Å². The fourth-order valence-corrected chi connectivity index (χ4v) is 0.747. The van der Waals surface area contributed by atoms with Crippen LogP contribution in [0.5, 0.6) is 0 Å². The van der Waals surface area contributed by atoms with Crippen molar-refractivity contribution in [1.29, 1.82) is 0 Å². The molecule has 0 radical (unpaired) electrons. The van der Waals surface area contributed by atoms with E-state index in [1.165, 1.54) is 0 Å². The van der Waals surface area contributed by atoms with Gasteiger partial charge < -0.3 is 4.74 Å². The summed E-state index contributed by atoms with van der Waals surface area (Å²) in [5.41, 5.74) is 0. The second kappa shape index (κ2) is 4.01. The van der Waals surface area contributed by atoms with E-state index >= 15 is 0 Å². The highest BCUT2D eigenvalue weighted by molar-refractivity contribution is 6.28. The van der Waals surface area contributed by atoms with Gasteiger partial charge in [0.2, 0.25) is 5.28 Å². The van der Waals surface area contributed by atoms with Crippen LogP contribution in [0.2, 0.25) is 5.28 Å². The molecule has 7 heteroatoms. The van der Waals surface area contributed by atoms with Gasteiger partial charge in [0.25, 0.3) is 0 Å². The van der Waals surface area contributed by atoms with Crippen molar-refractivity contribution in [2.75, 3.05) is 6.61 Å². The molecule has 6 nitrogen and oxygen atoms in total. The van der Waals surface area contributed by atoms with Crippen LogP contribution >= 0.6 is 11.6 Å². The van der Waals surface area contributed by atoms with E-state index in [1.807, 2.05) is 0 Å². The second-order valence-corrected chi connectivity index (χ2v) is 2.25. The lowest BCUT2D eigenvalue weighted by molar-refractivity contribution is -0.144. The normalized spacial score (nSPS) is 9.83. The van der Waals surface area contributed by atoms with Crippen LogP contribution in [0, 0.1) is 0 Å². The topological polar surface area (TPSA) is 69.9 Å². The molecule has 0 aliphatic carbocycles. The molecule has 0 fully saturated rings. The fourth-order valence-electron chi connectivity index (χ4n) is 0.619. The smallest absolute Gasteiger partial charge is 0.327 e. The average molecular weight is 191 g/mol. The van der Waals surface area contributed by atoms with Crippen molar-refractivity contribution in [2.24, 2.45) is 0 Å². The lowest BCUT2D eigenvalue weighted by atomic mass is 10.6. The Morgan fingerprint density at radius 2 is 2.50 bits per heavy atom. The van der Waals surface area contributed by atoms with Crippen LogP contribution in [0.15, 0.2) is 0 Å². The largest absolute Gasteiger partial charge is 0.465 e. The molecule has 0 bridgehead atoms. The number of halogens is 1. The summed E-state index contributed by atoms with van der Waals surface area (Å²) >= 11 is 5.50. The van der Waals surface area contributed by atoms with Gasteiger partial charge in [0, 0.05) is 0 Å². The van der Waals surface area contributed by atoms with Crippen molar-refractivity contribution in [1.82, 2.24) is 20.2 Å². The van der Waals surface area contributed by atoms with Gasteiger partial charge in [-0.1, -0.05) is 5.10 Å². The molecule has 66 valence electrons. The Kier molecular flexibility index (Phi) is 2.98. The van der Waals surface area contributed by atoms with Gasteiger partial charge in [-0.3, -0.25) is 4.79 Å². The summed E-state index contributed by atoms with van der Waals surface area (Å²) < 4.78 is 5.81. The highest BCUT2D eigenvalue weighted by Gasteiger charge is 2.08. The van der Waals surface area contributed by atoms with Crippen LogP contribution in [0.25, 0.3) is 0 Å². The molecule has 0 saturated heterocycles. The molecule has 1 aromatic heterocycles. The zero-order chi connectivity index (χ0) is 8.97. The summed E-state index contributed by atoms with van der Waals surface area (Å²) in [4.78, 5) is 10.9. The van der Waals surface area contributed by atoms with Crippen molar-refractivity contribution in [3.05, 3.63) is 5.28 Å². The third kappa shape index (κ3) is 2.16. The van der Waals surface area contributed by atoms with Gasteiger partial charge in [0.15, 0.2) is 0 Å². The van der Waals surface area contributed by atoms with E-state index in [4.69, 9.17) is 11.6 Å². The number of ether oxygens (including phenoxy) is 1. The Labute approximate surface area is 73.5 Å². The first-order chi connectivity index (χ1) is 5.74. The second-order valence-electron chi connectivity index (χ2n) is 1.91. The van der Waals surface area contributed by atoms with E-state index in [9.17, 15) is 4.79 Å². The molecule has 0 aliphatic heterocycles. The van der Waals surface area contributed by atoms with E-state index in [0.717, 1.165) is 4.68 Å². The number of carbonyl (C=O) groups excluding carboxylic acids is 1. The predicted octanol–water partition coefficient (Wildman–Crippen LogP) is -0.110. The monoisotopic (exact) mass is 190 g/mol. The van der Waals surface area contributed by atoms with Crippen molar-refractivity contribution < 1.29 is 9.53 Å². The number of hydrogen-bond donors (Lipinski definition) is 0. The maximum atomic E-state index is 10.9. The minimum absolute atomic E-state index is 0.0559. The van der Waals surface area contributed by atoms with Crippen molar-refractivity contribution >= 4 is 17.6 Å². The summed E-state index contributed by atoms with van der Waals surface area (Å²) in [6, 6.07) is 0. The molecular weight excluding hydrogens is 184 g/mol. The highest BCUT2D eigenvalue weighted by atomic mass is 35.5. The maximum absolute atomic E-state index is 10.9. The minimum atomic E-state index is -0.410. The quantitative estimate of drug-likeness (QED) is 0.622. The zero-order valence-corrected chi connectivity index (χ0v) is 7.15. The number of aromatic nitrogens is 4. The number of carbonyl (C=O) groups is 1. The Balaban J connectivity index is 2.52. The first-order valence-corrected chi connectivity index (χ1v) is 3.69. The van der Waals surface area contributed by atoms with E-state index < -0.39 is 5.97 Å². The summed E-state index contributed by atoms with van der Waals surface area (Å²) in [5, 5.41) is 10.2. The predicted molar refractivity (Wildman–Crippen MR) is 39.5 cm³/mol. The minimum Gasteiger partial charge on any atom is -0.465 e. The molecule has 0 atom stereocenters. The molecule has 12 heavy (non-hydrogen) atoms. The SMILES string of the molecule is CCOC(=O)Cn1nnnc1Cl. The van der Waals surface area contributed by atoms with Crippen LogP contribution in [0.3, 0.4) is 0 Å². The number of esters is 1. The van der Waals surface area contributed by atoms with E-state index in [0.29, 0.717) is 6.61 Å². The Morgan fingerprint density at radius 1 is 1.75 bits per heavy atom. The average Bonchev–Trinajstić information content (AvgIpc) is 2.37. The lowest BCUT2D eigenvalue weighted by Crippen LogP contribution is -2.14. The molecule has 0 spiro atoms. The van der Waals surface area contributed by atoms with E-state index in [-0.39, 0.29) is 11.8 Å². The number of nitrogens with zero attached hydrogens (tertiary/aromatic N) is 4. The van der Waals surface area contributed by atoms with Gasteiger partial charge in [-0.25, -0.2) is 4.68 Å². The van der Waals surface area contributed by atoms with Crippen LogP contribution in [0.1, 0.15) is 6.92 Å². The first kappa shape index (κ1) is 8.92. The van der Waals surface area contributed by atoms with Gasteiger partial charge in [-0.05, 0) is 29.0 Å². The first-order valence-electron chi connectivity index (χ1n) is 3.31. The van der Waals surface area contributed by atoms with Crippen molar-refractivity contribution in [3.63, 3.8) is 0 Å². The Morgan fingerprint density at radius 3 is 3.00 bits per heavy atom. The number of rotatable bonds is 3. The van der Waals surface area contributed by atoms with Gasteiger partial charge in [0.05, 0.1) is 6.61 Å². The molecule has 0 amide bonds. The third-order valence-corrected chi connectivity index (χ3v) is 1.34. The Bertz CT molecular complexity index is 274. The van der Waals surface area contributed by atoms with Crippen molar-refractivity contribution in [2.45, 2.75) is 13.5 Å². The summed E-state index contributed by atoms with van der Waals surface area (Å²) in [6.07, 6.45) is 0. The van der Waals surface area contributed by atoms with Crippen LogP contribution in [-0.2, 0) is 16.1 Å². The van der Waals surface area contributed by atoms with Crippen molar-refractivity contribution in [3.8, 4) is 0 Å². The molecule has 1 rings (SSSR count). The van der Waals surface area contributed by atoms with E-state index in [2.05, 4.69) is 20.3 Å². The van der Waals surface area contributed by atoms with Crippen LogP contribution in [0.4, 0.5) is 0 Å². The van der Waals surface area contributed by atoms with Gasteiger partial charge in [-0.2, -0.15) is 0 Å². The Hall–Kier alpha value is -1.17. The molecule has 1 aromatic rings. The summed E-state index contributed by atoms with van der Waals surface area (Å²) in [6.45, 7) is 2.00.